The van der Waals surface area contributed by atoms with Gasteiger partial charge >= 0.3 is 5.97 Å². The maximum Gasteiger partial charge on any atom is 0.314 e. The summed E-state index contributed by atoms with van der Waals surface area (Å²) in [6.45, 7) is 3.64. The lowest BCUT2D eigenvalue weighted by Crippen LogP contribution is -2.39. The highest BCUT2D eigenvalue weighted by Gasteiger charge is 2.51. The Morgan fingerprint density at radius 3 is 2.12 bits per heavy atom. The number of aliphatic hydroxyl groups is 2. The number of rotatable bonds is 14. The Morgan fingerprint density at radius 2 is 1.56 bits per heavy atom. The third-order valence-corrected chi connectivity index (χ3v) is 5.26. The molecule has 1 unspecified atom stereocenters. The first-order valence-corrected chi connectivity index (χ1v) is 10.2. The summed E-state index contributed by atoms with van der Waals surface area (Å²) < 4.78 is 5.32. The molecule has 1 saturated heterocycles. The van der Waals surface area contributed by atoms with Gasteiger partial charge in [-0.2, -0.15) is 0 Å². The Morgan fingerprint density at radius 1 is 1.00 bits per heavy atom. The fourth-order valence-corrected chi connectivity index (χ4v) is 3.49. The van der Waals surface area contributed by atoms with Gasteiger partial charge in [-0.15, -0.1) is 0 Å². The van der Waals surface area contributed by atoms with E-state index in [1.54, 1.807) is 6.92 Å². The van der Waals surface area contributed by atoms with E-state index in [-0.39, 0.29) is 6.61 Å². The van der Waals surface area contributed by atoms with Crippen LogP contribution in [0.3, 0.4) is 0 Å². The molecule has 0 spiro atoms. The lowest BCUT2D eigenvalue weighted by atomic mass is 9.87. The topological polar surface area (TPSA) is 66.8 Å². The van der Waals surface area contributed by atoms with Crippen LogP contribution < -0.4 is 0 Å². The first-order valence-electron chi connectivity index (χ1n) is 10.2. The third kappa shape index (κ3) is 7.91. The van der Waals surface area contributed by atoms with Gasteiger partial charge in [0, 0.05) is 0 Å². The van der Waals surface area contributed by atoms with E-state index in [9.17, 15) is 9.90 Å². The number of hydrogen-bond donors (Lipinski definition) is 2. The average Bonchev–Trinajstić information content (AvgIpc) is 2.80. The number of unbranched alkanes of at least 4 members (excludes halogenated alkanes) is 9. The zero-order valence-corrected chi connectivity index (χ0v) is 16.2. The zero-order chi connectivity index (χ0) is 18.5. The lowest BCUT2D eigenvalue weighted by Gasteiger charge is -2.27. The van der Waals surface area contributed by atoms with Crippen LogP contribution in [0.2, 0.25) is 0 Å². The van der Waals surface area contributed by atoms with Gasteiger partial charge in [-0.3, -0.25) is 4.79 Å². The number of hydrogen-bond acceptors (Lipinski definition) is 4. The highest BCUT2D eigenvalue weighted by Crippen LogP contribution is 2.35. The molecule has 1 heterocycles. The minimum absolute atomic E-state index is 0.343. The van der Waals surface area contributed by atoms with E-state index >= 15 is 0 Å². The van der Waals surface area contributed by atoms with Crippen molar-refractivity contribution in [2.24, 2.45) is 5.92 Å². The van der Waals surface area contributed by atoms with Crippen molar-refractivity contribution in [1.29, 1.82) is 0 Å². The van der Waals surface area contributed by atoms with Gasteiger partial charge in [-0.1, -0.05) is 64.0 Å². The van der Waals surface area contributed by atoms with Gasteiger partial charge in [0.05, 0.1) is 6.61 Å². The lowest BCUT2D eigenvalue weighted by molar-refractivity contribution is -0.151. The minimum Gasteiger partial charge on any atom is -0.456 e. The molecule has 4 heteroatoms. The van der Waals surface area contributed by atoms with Crippen LogP contribution in [-0.2, 0) is 9.53 Å². The van der Waals surface area contributed by atoms with Gasteiger partial charge in [0.25, 0.3) is 0 Å². The van der Waals surface area contributed by atoms with Crippen molar-refractivity contribution in [3.8, 4) is 0 Å². The SMILES string of the molecule is CCC/C=C/CCCCCCCCCC[C@@]1(C)OC(=O)[C@@H](CO)C1O. The first-order chi connectivity index (χ1) is 12.0. The molecule has 0 amide bonds. The Bertz CT molecular complexity index is 393. The number of aliphatic hydroxyl groups excluding tert-OH is 2. The zero-order valence-electron chi connectivity index (χ0n) is 16.2. The van der Waals surface area contributed by atoms with E-state index in [2.05, 4.69) is 19.1 Å². The summed E-state index contributed by atoms with van der Waals surface area (Å²) in [6.07, 6.45) is 17.8. The van der Waals surface area contributed by atoms with Crippen LogP contribution in [0.1, 0.15) is 90.9 Å². The van der Waals surface area contributed by atoms with Crippen LogP contribution in [-0.4, -0.2) is 34.5 Å². The average molecular weight is 355 g/mol. The highest BCUT2D eigenvalue weighted by atomic mass is 16.6. The van der Waals surface area contributed by atoms with Gasteiger partial charge < -0.3 is 14.9 Å². The Hall–Kier alpha value is -0.870. The molecule has 0 bridgehead atoms. The van der Waals surface area contributed by atoms with Crippen molar-refractivity contribution in [1.82, 2.24) is 0 Å². The van der Waals surface area contributed by atoms with Gasteiger partial charge in [-0.25, -0.2) is 0 Å². The van der Waals surface area contributed by atoms with Crippen molar-refractivity contribution < 1.29 is 19.7 Å². The number of cyclic esters (lactones) is 1. The number of esters is 1. The van der Waals surface area contributed by atoms with E-state index in [1.165, 1.54) is 57.8 Å². The predicted molar refractivity (Wildman–Crippen MR) is 101 cm³/mol. The second-order valence-electron chi connectivity index (χ2n) is 7.59. The molecule has 2 N–H and O–H groups in total. The Balaban J connectivity index is 1.98. The van der Waals surface area contributed by atoms with Crippen molar-refractivity contribution >= 4 is 5.97 Å². The van der Waals surface area contributed by atoms with Crippen molar-refractivity contribution in [3.63, 3.8) is 0 Å². The molecule has 1 aliphatic heterocycles. The van der Waals surface area contributed by atoms with Crippen LogP contribution in [0.4, 0.5) is 0 Å². The molecule has 25 heavy (non-hydrogen) atoms. The number of carbonyl (C=O) groups excluding carboxylic acids is 1. The summed E-state index contributed by atoms with van der Waals surface area (Å²) in [4.78, 5) is 11.6. The maximum absolute atomic E-state index is 11.6. The largest absolute Gasteiger partial charge is 0.456 e. The second kappa shape index (κ2) is 12.5. The molecule has 0 saturated carbocycles. The summed E-state index contributed by atoms with van der Waals surface area (Å²) >= 11 is 0. The van der Waals surface area contributed by atoms with Gasteiger partial charge in [0.15, 0.2) is 0 Å². The molecule has 1 aliphatic rings. The number of ether oxygens (including phenoxy) is 1. The monoisotopic (exact) mass is 354 g/mol. The molecular formula is C21H38O4. The van der Waals surface area contributed by atoms with Gasteiger partial charge in [-0.05, 0) is 39.0 Å². The molecule has 0 aromatic rings. The standard InChI is InChI=1S/C21H38O4/c1-3-4-5-6-7-8-9-10-11-12-13-14-15-16-21(2)19(23)18(17-22)20(24)25-21/h5-6,18-19,22-23H,3-4,7-17H2,1-2H3/b6-5+/t18-,19?,21+/m0/s1. The molecule has 4 nitrogen and oxygen atoms in total. The second-order valence-corrected chi connectivity index (χ2v) is 7.59. The summed E-state index contributed by atoms with van der Waals surface area (Å²) in [5.74, 6) is -1.25. The van der Waals surface area contributed by atoms with E-state index in [0.29, 0.717) is 6.42 Å². The van der Waals surface area contributed by atoms with E-state index in [4.69, 9.17) is 9.84 Å². The summed E-state index contributed by atoms with van der Waals surface area (Å²) in [7, 11) is 0. The fraction of sp³-hybridized carbons (Fsp3) is 0.857. The summed E-state index contributed by atoms with van der Waals surface area (Å²) in [6, 6.07) is 0. The van der Waals surface area contributed by atoms with E-state index < -0.39 is 23.6 Å². The van der Waals surface area contributed by atoms with Gasteiger partial charge in [0.2, 0.25) is 0 Å². The molecule has 1 rings (SSSR count). The van der Waals surface area contributed by atoms with Crippen LogP contribution >= 0.6 is 0 Å². The van der Waals surface area contributed by atoms with Crippen molar-refractivity contribution in [2.45, 2.75) is 103 Å². The van der Waals surface area contributed by atoms with E-state index in [1.807, 2.05) is 0 Å². The van der Waals surface area contributed by atoms with Crippen molar-refractivity contribution in [3.05, 3.63) is 12.2 Å². The number of allylic oxidation sites excluding steroid dienone is 2. The molecule has 3 atom stereocenters. The van der Waals surface area contributed by atoms with E-state index in [0.717, 1.165) is 12.8 Å². The summed E-state index contributed by atoms with van der Waals surface area (Å²) in [5.41, 5.74) is -0.824. The molecule has 146 valence electrons. The molecular weight excluding hydrogens is 316 g/mol. The molecule has 0 aromatic carbocycles. The van der Waals surface area contributed by atoms with Crippen molar-refractivity contribution in [2.75, 3.05) is 6.61 Å². The molecule has 0 aromatic heterocycles. The van der Waals surface area contributed by atoms with Crippen LogP contribution in [0, 0.1) is 5.92 Å². The van der Waals surface area contributed by atoms with Crippen LogP contribution in [0.15, 0.2) is 12.2 Å². The molecule has 0 aliphatic carbocycles. The molecule has 1 fully saturated rings. The first kappa shape index (κ1) is 22.2. The molecule has 0 radical (unpaired) electrons. The van der Waals surface area contributed by atoms with Crippen LogP contribution in [0.5, 0.6) is 0 Å². The predicted octanol–water partition coefficient (Wildman–Crippen LogP) is 4.53. The smallest absolute Gasteiger partial charge is 0.314 e. The number of carbonyl (C=O) groups is 1. The normalized spacial score (nSPS) is 26.5. The highest BCUT2D eigenvalue weighted by molar-refractivity contribution is 5.76. The minimum atomic E-state index is -0.892. The quantitative estimate of drug-likeness (QED) is 0.273. The third-order valence-electron chi connectivity index (χ3n) is 5.26. The van der Waals surface area contributed by atoms with Gasteiger partial charge in [0.1, 0.15) is 17.6 Å². The Kier molecular flexibility index (Phi) is 11.1. The maximum atomic E-state index is 11.6. The fourth-order valence-electron chi connectivity index (χ4n) is 3.49. The van der Waals surface area contributed by atoms with Crippen LogP contribution in [0.25, 0.3) is 0 Å². The summed E-state index contributed by atoms with van der Waals surface area (Å²) in [5, 5.41) is 19.3. The Labute approximate surface area is 153 Å².